The van der Waals surface area contributed by atoms with E-state index in [2.05, 4.69) is 20.4 Å². The number of anilines is 2. The van der Waals surface area contributed by atoms with Crippen LogP contribution in [0.3, 0.4) is 0 Å². The van der Waals surface area contributed by atoms with Crippen molar-refractivity contribution in [2.24, 2.45) is 0 Å². The summed E-state index contributed by atoms with van der Waals surface area (Å²) >= 11 is 0. The van der Waals surface area contributed by atoms with E-state index in [-0.39, 0.29) is 18.3 Å². The molecule has 0 aliphatic heterocycles. The van der Waals surface area contributed by atoms with Crippen molar-refractivity contribution in [1.82, 2.24) is 4.98 Å². The first-order chi connectivity index (χ1) is 13.6. The number of benzene rings is 2. The highest BCUT2D eigenvalue weighted by molar-refractivity contribution is 6.04. The molecule has 28 heavy (non-hydrogen) atoms. The van der Waals surface area contributed by atoms with Gasteiger partial charge in [0, 0.05) is 24.0 Å². The first-order valence-electron chi connectivity index (χ1n) is 8.50. The van der Waals surface area contributed by atoms with E-state index in [0.29, 0.717) is 28.2 Å². The number of nitrogens with one attached hydrogen (secondary N) is 2. The Labute approximate surface area is 161 Å². The zero-order valence-electron chi connectivity index (χ0n) is 15.1. The number of carbonyl (C=O) groups is 2. The minimum atomic E-state index is -0.483. The Bertz CT molecular complexity index is 990. The molecule has 0 saturated heterocycles. The van der Waals surface area contributed by atoms with Gasteiger partial charge in [0.2, 0.25) is 0 Å². The van der Waals surface area contributed by atoms with Crippen LogP contribution in [0.4, 0.5) is 15.9 Å². The molecular formula is C21H18FN3O3. The van der Waals surface area contributed by atoms with Crippen molar-refractivity contribution in [3.8, 4) is 0 Å². The molecule has 142 valence electrons. The van der Waals surface area contributed by atoms with Crippen molar-refractivity contribution in [1.29, 1.82) is 0 Å². The van der Waals surface area contributed by atoms with Gasteiger partial charge in [-0.1, -0.05) is 24.3 Å². The molecule has 3 rings (SSSR count). The van der Waals surface area contributed by atoms with Crippen LogP contribution in [0.25, 0.3) is 0 Å². The molecule has 0 atom stereocenters. The first-order valence-corrected chi connectivity index (χ1v) is 8.50. The van der Waals surface area contributed by atoms with Crippen LogP contribution in [0.5, 0.6) is 0 Å². The molecule has 2 aromatic carbocycles. The summed E-state index contributed by atoms with van der Waals surface area (Å²) in [5.74, 6) is -0.620. The Hall–Kier alpha value is -3.74. The van der Waals surface area contributed by atoms with Crippen LogP contribution in [0.1, 0.15) is 26.3 Å². The minimum Gasteiger partial charge on any atom is -0.465 e. The number of nitrogens with zero attached hydrogens (tertiary/aromatic N) is 1. The molecule has 1 heterocycles. The van der Waals surface area contributed by atoms with Gasteiger partial charge in [-0.05, 0) is 36.4 Å². The quantitative estimate of drug-likeness (QED) is 0.636. The minimum absolute atomic E-state index is 0.283. The van der Waals surface area contributed by atoms with Gasteiger partial charge in [-0.25, -0.2) is 14.2 Å². The number of hydrogen-bond acceptors (Lipinski definition) is 5. The van der Waals surface area contributed by atoms with Crippen LogP contribution >= 0.6 is 0 Å². The third-order valence-corrected chi connectivity index (χ3v) is 3.99. The average Bonchev–Trinajstić information content (AvgIpc) is 2.73. The van der Waals surface area contributed by atoms with E-state index in [1.165, 1.54) is 25.4 Å². The van der Waals surface area contributed by atoms with Gasteiger partial charge in [0.15, 0.2) is 0 Å². The molecule has 0 unspecified atom stereocenters. The monoisotopic (exact) mass is 379 g/mol. The second-order valence-corrected chi connectivity index (χ2v) is 5.90. The van der Waals surface area contributed by atoms with Crippen LogP contribution in [-0.4, -0.2) is 24.0 Å². The lowest BCUT2D eigenvalue weighted by molar-refractivity contribution is 0.0600. The van der Waals surface area contributed by atoms with Gasteiger partial charge in [0.25, 0.3) is 5.91 Å². The number of aromatic nitrogens is 1. The van der Waals surface area contributed by atoms with Crippen LogP contribution in [0.15, 0.2) is 66.9 Å². The smallest absolute Gasteiger partial charge is 0.337 e. The van der Waals surface area contributed by atoms with Crippen LogP contribution in [0.2, 0.25) is 0 Å². The molecule has 0 fully saturated rings. The molecule has 2 N–H and O–H groups in total. The Morgan fingerprint density at radius 3 is 2.57 bits per heavy atom. The highest BCUT2D eigenvalue weighted by Gasteiger charge is 2.10. The van der Waals surface area contributed by atoms with Gasteiger partial charge in [-0.2, -0.15) is 0 Å². The third kappa shape index (κ3) is 4.70. The summed E-state index contributed by atoms with van der Waals surface area (Å²) in [5, 5.41) is 5.72. The lowest BCUT2D eigenvalue weighted by Gasteiger charge is -2.09. The molecule has 3 aromatic rings. The molecule has 7 heteroatoms. The number of halogens is 1. The molecule has 0 aliphatic carbocycles. The van der Waals surface area contributed by atoms with Crippen LogP contribution in [-0.2, 0) is 11.3 Å². The molecule has 1 amide bonds. The fraction of sp³-hybridized carbons (Fsp3) is 0.0952. The maximum atomic E-state index is 13.6. The largest absolute Gasteiger partial charge is 0.465 e. The zero-order valence-corrected chi connectivity index (χ0v) is 15.1. The lowest BCUT2D eigenvalue weighted by atomic mass is 10.2. The maximum absolute atomic E-state index is 13.6. The maximum Gasteiger partial charge on any atom is 0.337 e. The van der Waals surface area contributed by atoms with E-state index < -0.39 is 5.97 Å². The summed E-state index contributed by atoms with van der Waals surface area (Å²) in [7, 11) is 1.29. The van der Waals surface area contributed by atoms with E-state index >= 15 is 0 Å². The van der Waals surface area contributed by atoms with E-state index in [4.69, 9.17) is 0 Å². The summed E-state index contributed by atoms with van der Waals surface area (Å²) in [4.78, 5) is 28.1. The van der Waals surface area contributed by atoms with Gasteiger partial charge in [-0.15, -0.1) is 0 Å². The molecular weight excluding hydrogens is 361 g/mol. The van der Waals surface area contributed by atoms with Crippen molar-refractivity contribution in [2.45, 2.75) is 6.54 Å². The van der Waals surface area contributed by atoms with Gasteiger partial charge < -0.3 is 15.4 Å². The number of carbonyl (C=O) groups excluding carboxylic acids is 2. The highest BCUT2D eigenvalue weighted by Crippen LogP contribution is 2.14. The highest BCUT2D eigenvalue weighted by atomic mass is 19.1. The van der Waals surface area contributed by atoms with Gasteiger partial charge in [0.05, 0.1) is 18.2 Å². The fourth-order valence-corrected chi connectivity index (χ4v) is 2.51. The Kier molecular flexibility index (Phi) is 5.96. The standard InChI is InChI=1S/C21H18FN3O3/c1-28-21(27)14-6-4-7-17(11-14)25-20(26)16-9-10-19(24-13-16)23-12-15-5-2-3-8-18(15)22/h2-11,13H,12H2,1H3,(H,23,24)(H,25,26). The molecule has 6 nitrogen and oxygen atoms in total. The second-order valence-electron chi connectivity index (χ2n) is 5.90. The lowest BCUT2D eigenvalue weighted by Crippen LogP contribution is -2.13. The number of ether oxygens (including phenoxy) is 1. The summed E-state index contributed by atoms with van der Waals surface area (Å²) in [6, 6.07) is 16.2. The topological polar surface area (TPSA) is 80.3 Å². The van der Waals surface area contributed by atoms with E-state index in [1.54, 1.807) is 48.5 Å². The summed E-state index contributed by atoms with van der Waals surface area (Å²) in [6.45, 7) is 0.283. The van der Waals surface area contributed by atoms with Crippen molar-refractivity contribution in [2.75, 3.05) is 17.7 Å². The van der Waals surface area contributed by atoms with Gasteiger partial charge in [0.1, 0.15) is 11.6 Å². The SMILES string of the molecule is COC(=O)c1cccc(NC(=O)c2ccc(NCc3ccccc3F)nc2)c1. The summed E-state index contributed by atoms with van der Waals surface area (Å²) < 4.78 is 18.3. The number of esters is 1. The zero-order chi connectivity index (χ0) is 19.9. The summed E-state index contributed by atoms with van der Waals surface area (Å²) in [5.41, 5.74) is 1.68. The Morgan fingerprint density at radius 2 is 1.86 bits per heavy atom. The number of hydrogen-bond donors (Lipinski definition) is 2. The predicted molar refractivity (Wildman–Crippen MR) is 104 cm³/mol. The fourth-order valence-electron chi connectivity index (χ4n) is 2.51. The number of methoxy groups -OCH3 is 1. The molecule has 0 radical (unpaired) electrons. The van der Waals surface area contributed by atoms with Gasteiger partial charge >= 0.3 is 5.97 Å². The molecule has 0 aliphatic rings. The third-order valence-electron chi connectivity index (χ3n) is 3.99. The first kappa shape index (κ1) is 19.0. The average molecular weight is 379 g/mol. The molecule has 0 saturated carbocycles. The predicted octanol–water partition coefficient (Wildman–Crippen LogP) is 3.87. The van der Waals surface area contributed by atoms with Crippen molar-refractivity contribution in [3.63, 3.8) is 0 Å². The van der Waals surface area contributed by atoms with Crippen molar-refractivity contribution >= 4 is 23.4 Å². The second kappa shape index (κ2) is 8.77. The normalized spacial score (nSPS) is 10.2. The van der Waals surface area contributed by atoms with Crippen molar-refractivity contribution < 1.29 is 18.7 Å². The number of amides is 1. The van der Waals surface area contributed by atoms with E-state index in [1.807, 2.05) is 0 Å². The molecule has 0 spiro atoms. The van der Waals surface area contributed by atoms with Crippen LogP contribution < -0.4 is 10.6 Å². The molecule has 0 bridgehead atoms. The van der Waals surface area contributed by atoms with Crippen LogP contribution in [0, 0.1) is 5.82 Å². The molecule has 1 aromatic heterocycles. The Morgan fingerprint density at radius 1 is 1.04 bits per heavy atom. The van der Waals surface area contributed by atoms with E-state index in [0.717, 1.165) is 0 Å². The number of pyridine rings is 1. The van der Waals surface area contributed by atoms with Crippen molar-refractivity contribution in [3.05, 3.63) is 89.4 Å². The Balaban J connectivity index is 1.62. The van der Waals surface area contributed by atoms with Gasteiger partial charge in [-0.3, -0.25) is 4.79 Å². The summed E-state index contributed by atoms with van der Waals surface area (Å²) in [6.07, 6.45) is 1.42. The number of rotatable bonds is 6. The van der Waals surface area contributed by atoms with E-state index in [9.17, 15) is 14.0 Å².